The lowest BCUT2D eigenvalue weighted by Gasteiger charge is -2.23. The third kappa shape index (κ3) is 2.78. The Balaban J connectivity index is 2.03. The summed E-state index contributed by atoms with van der Waals surface area (Å²) in [6.07, 6.45) is 2.32. The highest BCUT2D eigenvalue weighted by atomic mass is 32.2. The lowest BCUT2D eigenvalue weighted by atomic mass is 10.2. The summed E-state index contributed by atoms with van der Waals surface area (Å²) in [6, 6.07) is 4.28. The molecule has 82 valence electrons. The lowest BCUT2D eigenvalue weighted by molar-refractivity contribution is 0.193. The van der Waals surface area contributed by atoms with Crippen LogP contribution in [0.2, 0.25) is 0 Å². The van der Waals surface area contributed by atoms with Gasteiger partial charge in [0.05, 0.1) is 5.69 Å². The number of rotatable bonds is 2. The van der Waals surface area contributed by atoms with Crippen molar-refractivity contribution in [2.75, 3.05) is 17.2 Å². The summed E-state index contributed by atoms with van der Waals surface area (Å²) in [5.41, 5.74) is 6.05. The van der Waals surface area contributed by atoms with E-state index in [2.05, 4.69) is 0 Å². The van der Waals surface area contributed by atoms with Crippen molar-refractivity contribution in [3.63, 3.8) is 0 Å². The summed E-state index contributed by atoms with van der Waals surface area (Å²) in [4.78, 5) is 0. The molecule has 0 unspecified atom stereocenters. The highest BCUT2D eigenvalue weighted by molar-refractivity contribution is 7.99. The molecular formula is C11H14FNOS. The molecule has 4 heteroatoms. The van der Waals surface area contributed by atoms with E-state index in [1.807, 2.05) is 11.8 Å². The van der Waals surface area contributed by atoms with Crippen molar-refractivity contribution < 1.29 is 9.13 Å². The quantitative estimate of drug-likeness (QED) is 0.789. The molecule has 2 rings (SSSR count). The van der Waals surface area contributed by atoms with Crippen LogP contribution in [0.1, 0.15) is 12.8 Å². The SMILES string of the molecule is Nc1cc(F)ccc1OC1CCSCC1. The van der Waals surface area contributed by atoms with Crippen molar-refractivity contribution in [2.45, 2.75) is 18.9 Å². The Morgan fingerprint density at radius 3 is 2.73 bits per heavy atom. The van der Waals surface area contributed by atoms with Gasteiger partial charge in [-0.3, -0.25) is 0 Å². The highest BCUT2D eigenvalue weighted by Crippen LogP contribution is 2.27. The minimum absolute atomic E-state index is 0.235. The lowest BCUT2D eigenvalue weighted by Crippen LogP contribution is -2.22. The molecule has 15 heavy (non-hydrogen) atoms. The normalized spacial score (nSPS) is 17.7. The van der Waals surface area contributed by atoms with Crippen LogP contribution in [-0.2, 0) is 0 Å². The molecule has 0 amide bonds. The van der Waals surface area contributed by atoms with Gasteiger partial charge in [-0.1, -0.05) is 0 Å². The zero-order valence-electron chi connectivity index (χ0n) is 8.41. The van der Waals surface area contributed by atoms with Gasteiger partial charge >= 0.3 is 0 Å². The fourth-order valence-electron chi connectivity index (χ4n) is 1.60. The summed E-state index contributed by atoms with van der Waals surface area (Å²) in [7, 11) is 0. The fourth-order valence-corrected chi connectivity index (χ4v) is 2.66. The molecule has 1 aliphatic heterocycles. The minimum Gasteiger partial charge on any atom is -0.488 e. The van der Waals surface area contributed by atoms with Crippen molar-refractivity contribution in [3.05, 3.63) is 24.0 Å². The molecule has 2 nitrogen and oxygen atoms in total. The standard InChI is InChI=1S/C11H14FNOS/c12-8-1-2-11(10(13)7-8)14-9-3-5-15-6-4-9/h1-2,7,9H,3-6,13H2. The first-order valence-electron chi connectivity index (χ1n) is 5.05. The van der Waals surface area contributed by atoms with Gasteiger partial charge in [0.25, 0.3) is 0 Å². The Hall–Kier alpha value is -0.900. The number of thioether (sulfide) groups is 1. The molecule has 0 spiro atoms. The largest absolute Gasteiger partial charge is 0.488 e. The van der Waals surface area contributed by atoms with Gasteiger partial charge in [-0.05, 0) is 36.5 Å². The van der Waals surface area contributed by atoms with Crippen molar-refractivity contribution in [2.24, 2.45) is 0 Å². The predicted octanol–water partition coefficient (Wildman–Crippen LogP) is 2.68. The number of anilines is 1. The van der Waals surface area contributed by atoms with Gasteiger partial charge in [0.1, 0.15) is 17.7 Å². The van der Waals surface area contributed by atoms with E-state index in [0.29, 0.717) is 11.4 Å². The highest BCUT2D eigenvalue weighted by Gasteiger charge is 2.16. The third-order valence-electron chi connectivity index (χ3n) is 2.43. The summed E-state index contributed by atoms with van der Waals surface area (Å²) < 4.78 is 18.5. The monoisotopic (exact) mass is 227 g/mol. The molecule has 1 aromatic carbocycles. The molecule has 0 radical (unpaired) electrons. The molecule has 1 saturated heterocycles. The van der Waals surface area contributed by atoms with E-state index >= 15 is 0 Å². The van der Waals surface area contributed by atoms with E-state index in [1.54, 1.807) is 6.07 Å². The predicted molar refractivity (Wildman–Crippen MR) is 61.8 cm³/mol. The minimum atomic E-state index is -0.320. The number of ether oxygens (including phenoxy) is 1. The molecule has 0 aromatic heterocycles. The van der Waals surface area contributed by atoms with Crippen LogP contribution in [0.4, 0.5) is 10.1 Å². The first kappa shape index (κ1) is 10.6. The van der Waals surface area contributed by atoms with Crippen LogP contribution in [0.3, 0.4) is 0 Å². The van der Waals surface area contributed by atoms with Gasteiger partial charge < -0.3 is 10.5 Å². The maximum Gasteiger partial charge on any atom is 0.142 e. The molecule has 2 N–H and O–H groups in total. The fraction of sp³-hybridized carbons (Fsp3) is 0.455. The second-order valence-corrected chi connectivity index (χ2v) is 4.84. The van der Waals surface area contributed by atoms with Gasteiger partial charge in [0.15, 0.2) is 0 Å². The number of nitrogen functional groups attached to an aromatic ring is 1. The van der Waals surface area contributed by atoms with Crippen LogP contribution in [-0.4, -0.2) is 17.6 Å². The smallest absolute Gasteiger partial charge is 0.142 e. The summed E-state index contributed by atoms with van der Waals surface area (Å²) in [5.74, 6) is 2.55. The molecule has 1 aromatic rings. The number of halogens is 1. The maximum absolute atomic E-state index is 12.8. The summed E-state index contributed by atoms with van der Waals surface area (Å²) in [5, 5.41) is 0. The summed E-state index contributed by atoms with van der Waals surface area (Å²) in [6.45, 7) is 0. The van der Waals surface area contributed by atoms with Gasteiger partial charge in [-0.25, -0.2) is 4.39 Å². The van der Waals surface area contributed by atoms with Crippen LogP contribution in [0.15, 0.2) is 18.2 Å². The second-order valence-electron chi connectivity index (χ2n) is 3.61. The van der Waals surface area contributed by atoms with Crippen LogP contribution in [0.5, 0.6) is 5.75 Å². The average molecular weight is 227 g/mol. The molecular weight excluding hydrogens is 213 g/mol. The molecule has 1 aliphatic rings. The molecule has 0 atom stereocenters. The second kappa shape index (κ2) is 4.75. The molecule has 1 heterocycles. The maximum atomic E-state index is 12.8. The number of benzene rings is 1. The Morgan fingerprint density at radius 2 is 2.07 bits per heavy atom. The Labute approximate surface area is 93.0 Å². The van der Waals surface area contributed by atoms with Gasteiger partial charge in [0, 0.05) is 6.07 Å². The van der Waals surface area contributed by atoms with E-state index in [9.17, 15) is 4.39 Å². The zero-order valence-corrected chi connectivity index (χ0v) is 9.23. The first-order valence-corrected chi connectivity index (χ1v) is 6.20. The van der Waals surface area contributed by atoms with Crippen LogP contribution >= 0.6 is 11.8 Å². The van der Waals surface area contributed by atoms with E-state index in [-0.39, 0.29) is 11.9 Å². The first-order chi connectivity index (χ1) is 7.25. The van der Waals surface area contributed by atoms with Gasteiger partial charge in [0.2, 0.25) is 0 Å². The van der Waals surface area contributed by atoms with Crippen LogP contribution < -0.4 is 10.5 Å². The van der Waals surface area contributed by atoms with Crippen molar-refractivity contribution >= 4 is 17.4 Å². The van der Waals surface area contributed by atoms with E-state index in [4.69, 9.17) is 10.5 Å². The third-order valence-corrected chi connectivity index (χ3v) is 3.48. The van der Waals surface area contributed by atoms with Crippen molar-refractivity contribution in [1.82, 2.24) is 0 Å². The zero-order chi connectivity index (χ0) is 10.7. The van der Waals surface area contributed by atoms with E-state index in [0.717, 1.165) is 24.3 Å². The van der Waals surface area contributed by atoms with Crippen LogP contribution in [0, 0.1) is 5.82 Å². The Kier molecular flexibility index (Phi) is 3.36. The summed E-state index contributed by atoms with van der Waals surface area (Å²) >= 11 is 1.94. The number of nitrogens with two attached hydrogens (primary N) is 1. The Bertz CT molecular complexity index is 339. The molecule has 0 saturated carbocycles. The van der Waals surface area contributed by atoms with Crippen molar-refractivity contribution in [1.29, 1.82) is 0 Å². The van der Waals surface area contributed by atoms with E-state index in [1.165, 1.54) is 12.1 Å². The molecule has 1 fully saturated rings. The average Bonchev–Trinajstić information content (AvgIpc) is 2.24. The molecule has 0 aliphatic carbocycles. The number of hydrogen-bond donors (Lipinski definition) is 1. The van der Waals surface area contributed by atoms with E-state index < -0.39 is 0 Å². The van der Waals surface area contributed by atoms with Crippen molar-refractivity contribution in [3.8, 4) is 5.75 Å². The van der Waals surface area contributed by atoms with Crippen LogP contribution in [0.25, 0.3) is 0 Å². The van der Waals surface area contributed by atoms with Gasteiger partial charge in [-0.15, -0.1) is 0 Å². The molecule has 0 bridgehead atoms. The van der Waals surface area contributed by atoms with Gasteiger partial charge in [-0.2, -0.15) is 11.8 Å². The Morgan fingerprint density at radius 1 is 1.33 bits per heavy atom. The topological polar surface area (TPSA) is 35.2 Å². The number of hydrogen-bond acceptors (Lipinski definition) is 3.